The molecule has 1 aromatic heterocycles. The predicted molar refractivity (Wildman–Crippen MR) is 79.1 cm³/mol. The fourth-order valence-corrected chi connectivity index (χ4v) is 2.59. The molecule has 1 aromatic rings. The summed E-state index contributed by atoms with van der Waals surface area (Å²) in [5, 5.41) is 3.50. The average molecular weight is 264 g/mol. The SMILES string of the molecule is CCC(C)(C)CCN1CCNCC1c1nccn1C. The first-order chi connectivity index (χ1) is 9.03. The van der Waals surface area contributed by atoms with Gasteiger partial charge < -0.3 is 9.88 Å². The zero-order valence-corrected chi connectivity index (χ0v) is 12.8. The maximum Gasteiger partial charge on any atom is 0.127 e. The van der Waals surface area contributed by atoms with Crippen molar-refractivity contribution in [3.63, 3.8) is 0 Å². The Hall–Kier alpha value is -0.870. The van der Waals surface area contributed by atoms with Gasteiger partial charge in [-0.25, -0.2) is 4.98 Å². The van der Waals surface area contributed by atoms with Crippen LogP contribution < -0.4 is 5.32 Å². The molecule has 108 valence electrons. The van der Waals surface area contributed by atoms with Crippen molar-refractivity contribution in [1.82, 2.24) is 19.8 Å². The van der Waals surface area contributed by atoms with Crippen LogP contribution in [0.15, 0.2) is 12.4 Å². The molecule has 1 saturated heterocycles. The summed E-state index contributed by atoms with van der Waals surface area (Å²) in [6, 6.07) is 0.418. The van der Waals surface area contributed by atoms with E-state index in [-0.39, 0.29) is 0 Å². The summed E-state index contributed by atoms with van der Waals surface area (Å²) in [4.78, 5) is 7.13. The molecule has 0 radical (unpaired) electrons. The van der Waals surface area contributed by atoms with Crippen LogP contribution in [0.25, 0.3) is 0 Å². The second kappa shape index (κ2) is 6.06. The Balaban J connectivity index is 2.03. The molecular weight excluding hydrogens is 236 g/mol. The quantitative estimate of drug-likeness (QED) is 0.885. The van der Waals surface area contributed by atoms with Crippen LogP contribution in [-0.4, -0.2) is 40.6 Å². The predicted octanol–water partition coefficient (Wildman–Crippen LogP) is 2.19. The first-order valence-electron chi connectivity index (χ1n) is 7.45. The Morgan fingerprint density at radius 2 is 2.26 bits per heavy atom. The average Bonchev–Trinajstić information content (AvgIpc) is 2.83. The van der Waals surface area contributed by atoms with Gasteiger partial charge in [0.15, 0.2) is 0 Å². The van der Waals surface area contributed by atoms with Gasteiger partial charge in [-0.2, -0.15) is 0 Å². The standard InChI is InChI=1S/C15H28N4/c1-5-15(2,3)6-9-19-11-7-16-12-13(19)14-17-8-10-18(14)4/h8,10,13,16H,5-7,9,11-12H2,1-4H3. The van der Waals surface area contributed by atoms with Gasteiger partial charge in [-0.15, -0.1) is 0 Å². The number of piperazine rings is 1. The molecule has 1 atom stereocenters. The van der Waals surface area contributed by atoms with E-state index in [0.29, 0.717) is 11.5 Å². The maximum atomic E-state index is 4.54. The summed E-state index contributed by atoms with van der Waals surface area (Å²) in [5.41, 5.74) is 0.442. The van der Waals surface area contributed by atoms with Crippen LogP contribution in [-0.2, 0) is 7.05 Å². The Labute approximate surface area is 117 Å². The minimum atomic E-state index is 0.418. The van der Waals surface area contributed by atoms with E-state index in [9.17, 15) is 0 Å². The van der Waals surface area contributed by atoms with E-state index in [1.165, 1.54) is 25.2 Å². The number of aryl methyl sites for hydroxylation is 1. The van der Waals surface area contributed by atoms with Crippen molar-refractivity contribution in [2.75, 3.05) is 26.2 Å². The van der Waals surface area contributed by atoms with Gasteiger partial charge in [-0.1, -0.05) is 27.2 Å². The summed E-state index contributed by atoms with van der Waals surface area (Å²) < 4.78 is 2.15. The topological polar surface area (TPSA) is 33.1 Å². The van der Waals surface area contributed by atoms with Crippen LogP contribution in [0.1, 0.15) is 45.5 Å². The largest absolute Gasteiger partial charge is 0.337 e. The first kappa shape index (κ1) is 14.5. The highest BCUT2D eigenvalue weighted by Crippen LogP contribution is 2.27. The van der Waals surface area contributed by atoms with Gasteiger partial charge in [0.2, 0.25) is 0 Å². The number of aromatic nitrogens is 2. The third-order valence-corrected chi connectivity index (χ3v) is 4.54. The Morgan fingerprint density at radius 1 is 1.47 bits per heavy atom. The van der Waals surface area contributed by atoms with Crippen molar-refractivity contribution in [3.05, 3.63) is 18.2 Å². The highest BCUT2D eigenvalue weighted by atomic mass is 15.3. The molecule has 1 aliphatic rings. The Morgan fingerprint density at radius 3 is 2.89 bits per heavy atom. The van der Waals surface area contributed by atoms with Crippen molar-refractivity contribution in [2.24, 2.45) is 12.5 Å². The molecule has 4 heteroatoms. The van der Waals surface area contributed by atoms with Crippen LogP contribution >= 0.6 is 0 Å². The second-order valence-corrected chi connectivity index (χ2v) is 6.42. The van der Waals surface area contributed by atoms with Crippen molar-refractivity contribution in [1.29, 1.82) is 0 Å². The van der Waals surface area contributed by atoms with Gasteiger partial charge in [0.1, 0.15) is 5.82 Å². The van der Waals surface area contributed by atoms with E-state index in [0.717, 1.165) is 19.6 Å². The molecule has 19 heavy (non-hydrogen) atoms. The molecule has 1 aliphatic heterocycles. The zero-order chi connectivity index (χ0) is 13.9. The van der Waals surface area contributed by atoms with Crippen molar-refractivity contribution in [2.45, 2.75) is 39.7 Å². The van der Waals surface area contributed by atoms with E-state index in [4.69, 9.17) is 0 Å². The Bertz CT molecular complexity index is 397. The lowest BCUT2D eigenvalue weighted by molar-refractivity contribution is 0.129. The van der Waals surface area contributed by atoms with Crippen LogP contribution in [0, 0.1) is 5.41 Å². The van der Waals surface area contributed by atoms with Gasteiger partial charge in [0, 0.05) is 39.1 Å². The van der Waals surface area contributed by atoms with Gasteiger partial charge >= 0.3 is 0 Å². The van der Waals surface area contributed by atoms with Crippen LogP contribution in [0.4, 0.5) is 0 Å². The second-order valence-electron chi connectivity index (χ2n) is 6.42. The molecule has 2 rings (SSSR count). The van der Waals surface area contributed by atoms with E-state index >= 15 is 0 Å². The molecule has 0 amide bonds. The number of hydrogen-bond acceptors (Lipinski definition) is 3. The summed E-state index contributed by atoms with van der Waals surface area (Å²) in [6.45, 7) is 11.4. The number of rotatable bonds is 5. The molecule has 0 aliphatic carbocycles. The fourth-order valence-electron chi connectivity index (χ4n) is 2.59. The molecular formula is C15H28N4. The minimum Gasteiger partial charge on any atom is -0.337 e. The van der Waals surface area contributed by atoms with Gasteiger partial charge in [0.05, 0.1) is 6.04 Å². The lowest BCUT2D eigenvalue weighted by atomic mass is 9.86. The molecule has 1 fully saturated rings. The molecule has 1 N–H and O–H groups in total. The van der Waals surface area contributed by atoms with Crippen molar-refractivity contribution < 1.29 is 0 Å². The maximum absolute atomic E-state index is 4.54. The highest BCUT2D eigenvalue weighted by Gasteiger charge is 2.27. The van der Waals surface area contributed by atoms with E-state index < -0.39 is 0 Å². The third-order valence-electron chi connectivity index (χ3n) is 4.54. The summed E-state index contributed by atoms with van der Waals surface area (Å²) in [7, 11) is 2.09. The summed E-state index contributed by atoms with van der Waals surface area (Å²) in [5.74, 6) is 1.18. The summed E-state index contributed by atoms with van der Waals surface area (Å²) in [6.07, 6.45) is 6.44. The number of hydrogen-bond donors (Lipinski definition) is 1. The molecule has 0 spiro atoms. The van der Waals surface area contributed by atoms with Crippen molar-refractivity contribution in [3.8, 4) is 0 Å². The van der Waals surface area contributed by atoms with Crippen molar-refractivity contribution >= 4 is 0 Å². The molecule has 4 nitrogen and oxygen atoms in total. The monoisotopic (exact) mass is 264 g/mol. The molecule has 0 bridgehead atoms. The molecule has 0 aromatic carbocycles. The third kappa shape index (κ3) is 3.57. The number of nitrogens with one attached hydrogen (secondary N) is 1. The molecule has 1 unspecified atom stereocenters. The van der Waals surface area contributed by atoms with E-state index in [2.05, 4.69) is 47.6 Å². The fraction of sp³-hybridized carbons (Fsp3) is 0.800. The minimum absolute atomic E-state index is 0.418. The lowest BCUT2D eigenvalue weighted by Crippen LogP contribution is -2.47. The van der Waals surface area contributed by atoms with Crippen LogP contribution in [0.5, 0.6) is 0 Å². The normalized spacial score (nSPS) is 21.8. The smallest absolute Gasteiger partial charge is 0.127 e. The zero-order valence-electron chi connectivity index (χ0n) is 12.8. The van der Waals surface area contributed by atoms with Gasteiger partial charge in [0.25, 0.3) is 0 Å². The summed E-state index contributed by atoms with van der Waals surface area (Å²) >= 11 is 0. The van der Waals surface area contributed by atoms with E-state index in [1.54, 1.807) is 0 Å². The number of nitrogens with zero attached hydrogens (tertiary/aromatic N) is 3. The highest BCUT2D eigenvalue weighted by molar-refractivity contribution is 5.02. The molecule has 2 heterocycles. The lowest BCUT2D eigenvalue weighted by Gasteiger charge is -2.37. The Kier molecular flexibility index (Phi) is 4.63. The number of imidazole rings is 1. The molecule has 0 saturated carbocycles. The van der Waals surface area contributed by atoms with Crippen LogP contribution in [0.3, 0.4) is 0 Å². The van der Waals surface area contributed by atoms with Gasteiger partial charge in [-0.3, -0.25) is 4.90 Å². The van der Waals surface area contributed by atoms with E-state index in [1.807, 2.05) is 12.4 Å². The first-order valence-corrected chi connectivity index (χ1v) is 7.45. The van der Waals surface area contributed by atoms with Gasteiger partial charge in [-0.05, 0) is 18.4 Å². The van der Waals surface area contributed by atoms with Crippen LogP contribution in [0.2, 0.25) is 0 Å².